The molecule has 0 radical (unpaired) electrons. The van der Waals surface area contributed by atoms with Gasteiger partial charge in [0.1, 0.15) is 5.82 Å². The van der Waals surface area contributed by atoms with Gasteiger partial charge in [-0.1, -0.05) is 44.0 Å². The minimum Gasteiger partial charge on any atom is -0.207 e. The topological polar surface area (TPSA) is 0 Å². The highest BCUT2D eigenvalue weighted by Gasteiger charge is 2.01. The molecule has 0 bridgehead atoms. The second kappa shape index (κ2) is 4.45. The van der Waals surface area contributed by atoms with Gasteiger partial charge in [-0.05, 0) is 41.5 Å². The van der Waals surface area contributed by atoms with Crippen LogP contribution in [0.15, 0.2) is 51.4 Å². The lowest BCUT2D eigenvalue weighted by Gasteiger charge is -2.03. The molecule has 0 aliphatic heterocycles. The molecule has 0 amide bonds. The molecule has 0 saturated heterocycles. The van der Waals surface area contributed by atoms with E-state index in [-0.39, 0.29) is 5.82 Å². The molecule has 2 aromatic carbocycles. The largest absolute Gasteiger partial charge is 0.207 e. The highest BCUT2D eigenvalue weighted by atomic mass is 79.9. The van der Waals surface area contributed by atoms with E-state index < -0.39 is 0 Å². The summed E-state index contributed by atoms with van der Waals surface area (Å²) < 4.78 is 15.0. The van der Waals surface area contributed by atoms with Gasteiger partial charge in [-0.15, -0.1) is 0 Å². The van der Waals surface area contributed by atoms with Crippen LogP contribution in [0.25, 0.3) is 11.1 Å². The molecule has 0 saturated carbocycles. The van der Waals surface area contributed by atoms with Crippen molar-refractivity contribution >= 4 is 31.9 Å². The van der Waals surface area contributed by atoms with E-state index in [1.165, 1.54) is 12.1 Å². The molecule has 0 unspecified atom stereocenters. The van der Waals surface area contributed by atoms with Crippen LogP contribution >= 0.6 is 31.9 Å². The van der Waals surface area contributed by atoms with Crippen molar-refractivity contribution in [3.05, 3.63) is 57.2 Å². The fourth-order valence-electron chi connectivity index (χ4n) is 1.39. The second-order valence-corrected chi connectivity index (χ2v) is 5.00. The van der Waals surface area contributed by atoms with Gasteiger partial charge < -0.3 is 0 Å². The molecule has 76 valence electrons. The standard InChI is InChI=1S/C12H7Br2F/c13-10-4-9(5-11(14)7-10)8-2-1-3-12(15)6-8/h1-7H. The fourth-order valence-corrected chi connectivity index (χ4v) is 2.68. The van der Waals surface area contributed by atoms with E-state index in [4.69, 9.17) is 0 Å². The Morgan fingerprint density at radius 3 is 2.07 bits per heavy atom. The van der Waals surface area contributed by atoms with Gasteiger partial charge in [-0.25, -0.2) is 4.39 Å². The third-order valence-corrected chi connectivity index (χ3v) is 2.94. The summed E-state index contributed by atoms with van der Waals surface area (Å²) in [5.74, 6) is -0.219. The Morgan fingerprint density at radius 2 is 1.47 bits per heavy atom. The summed E-state index contributed by atoms with van der Waals surface area (Å²) in [7, 11) is 0. The zero-order valence-corrected chi connectivity index (χ0v) is 10.8. The summed E-state index contributed by atoms with van der Waals surface area (Å²) in [5.41, 5.74) is 1.85. The van der Waals surface area contributed by atoms with E-state index in [0.717, 1.165) is 20.1 Å². The number of hydrogen-bond donors (Lipinski definition) is 0. The summed E-state index contributed by atoms with van der Waals surface area (Å²) in [6, 6.07) is 12.4. The van der Waals surface area contributed by atoms with Gasteiger partial charge >= 0.3 is 0 Å². The van der Waals surface area contributed by atoms with Crippen LogP contribution in [-0.4, -0.2) is 0 Å². The van der Waals surface area contributed by atoms with Crippen LogP contribution < -0.4 is 0 Å². The highest BCUT2D eigenvalue weighted by Crippen LogP contribution is 2.27. The number of hydrogen-bond acceptors (Lipinski definition) is 0. The van der Waals surface area contributed by atoms with E-state index in [2.05, 4.69) is 31.9 Å². The monoisotopic (exact) mass is 328 g/mol. The normalized spacial score (nSPS) is 10.3. The van der Waals surface area contributed by atoms with E-state index >= 15 is 0 Å². The molecule has 15 heavy (non-hydrogen) atoms. The molecule has 2 aromatic rings. The lowest BCUT2D eigenvalue weighted by atomic mass is 10.1. The molecule has 0 fully saturated rings. The summed E-state index contributed by atoms with van der Waals surface area (Å²) in [4.78, 5) is 0. The highest BCUT2D eigenvalue weighted by molar-refractivity contribution is 9.11. The van der Waals surface area contributed by atoms with Crippen LogP contribution in [0.1, 0.15) is 0 Å². The summed E-state index contributed by atoms with van der Waals surface area (Å²) in [5, 5.41) is 0. The Balaban J connectivity index is 2.54. The summed E-state index contributed by atoms with van der Waals surface area (Å²) in [6.45, 7) is 0. The number of benzene rings is 2. The van der Waals surface area contributed by atoms with Crippen molar-refractivity contribution in [1.29, 1.82) is 0 Å². The first kappa shape index (κ1) is 10.8. The summed E-state index contributed by atoms with van der Waals surface area (Å²) >= 11 is 6.81. The van der Waals surface area contributed by atoms with Crippen LogP contribution in [0.2, 0.25) is 0 Å². The Labute approximate surface area is 104 Å². The molecule has 0 nitrogen and oxygen atoms in total. The van der Waals surface area contributed by atoms with Crippen LogP contribution in [0.5, 0.6) is 0 Å². The second-order valence-electron chi connectivity index (χ2n) is 3.17. The van der Waals surface area contributed by atoms with Crippen LogP contribution in [-0.2, 0) is 0 Å². The Kier molecular flexibility index (Phi) is 3.22. The van der Waals surface area contributed by atoms with Crippen LogP contribution in [0.3, 0.4) is 0 Å². The van der Waals surface area contributed by atoms with Gasteiger partial charge in [-0.2, -0.15) is 0 Å². The molecule has 0 aliphatic rings. The van der Waals surface area contributed by atoms with Crippen molar-refractivity contribution in [2.24, 2.45) is 0 Å². The first-order valence-corrected chi connectivity index (χ1v) is 5.96. The van der Waals surface area contributed by atoms with Crippen molar-refractivity contribution in [1.82, 2.24) is 0 Å². The molecule has 2 rings (SSSR count). The first-order valence-electron chi connectivity index (χ1n) is 4.37. The molecule has 0 aliphatic carbocycles. The van der Waals surface area contributed by atoms with Gasteiger partial charge in [0.2, 0.25) is 0 Å². The minimum atomic E-state index is -0.219. The molecule has 0 heterocycles. The van der Waals surface area contributed by atoms with E-state index in [1.807, 2.05) is 24.3 Å². The van der Waals surface area contributed by atoms with E-state index in [0.29, 0.717) is 0 Å². The molecule has 0 N–H and O–H groups in total. The van der Waals surface area contributed by atoms with Gasteiger partial charge in [-0.3, -0.25) is 0 Å². The van der Waals surface area contributed by atoms with Gasteiger partial charge in [0.25, 0.3) is 0 Å². The summed E-state index contributed by atoms with van der Waals surface area (Å²) in [6.07, 6.45) is 0. The maximum atomic E-state index is 13.0. The van der Waals surface area contributed by atoms with Crippen LogP contribution in [0, 0.1) is 5.82 Å². The molecular weight excluding hydrogens is 323 g/mol. The zero-order valence-electron chi connectivity index (χ0n) is 7.68. The minimum absolute atomic E-state index is 0.219. The van der Waals surface area contributed by atoms with Gasteiger partial charge in [0.05, 0.1) is 0 Å². The Morgan fingerprint density at radius 1 is 0.800 bits per heavy atom. The van der Waals surface area contributed by atoms with Crippen molar-refractivity contribution in [2.75, 3.05) is 0 Å². The van der Waals surface area contributed by atoms with E-state index in [9.17, 15) is 4.39 Å². The number of halogens is 3. The van der Waals surface area contributed by atoms with Gasteiger partial charge in [0, 0.05) is 8.95 Å². The van der Waals surface area contributed by atoms with E-state index in [1.54, 1.807) is 6.07 Å². The third kappa shape index (κ3) is 2.67. The maximum absolute atomic E-state index is 13.0. The fraction of sp³-hybridized carbons (Fsp3) is 0. The van der Waals surface area contributed by atoms with Crippen molar-refractivity contribution < 1.29 is 4.39 Å². The molecule has 0 aromatic heterocycles. The zero-order chi connectivity index (χ0) is 10.8. The SMILES string of the molecule is Fc1cccc(-c2cc(Br)cc(Br)c2)c1. The average molecular weight is 330 g/mol. The van der Waals surface area contributed by atoms with Crippen LogP contribution in [0.4, 0.5) is 4.39 Å². The molecule has 3 heteroatoms. The Hall–Kier alpha value is -0.670. The predicted molar refractivity (Wildman–Crippen MR) is 67.2 cm³/mol. The van der Waals surface area contributed by atoms with Crippen molar-refractivity contribution in [2.45, 2.75) is 0 Å². The quantitative estimate of drug-likeness (QED) is 0.689. The maximum Gasteiger partial charge on any atom is 0.123 e. The van der Waals surface area contributed by atoms with Crippen molar-refractivity contribution in [3.63, 3.8) is 0 Å². The smallest absolute Gasteiger partial charge is 0.123 e. The van der Waals surface area contributed by atoms with Crippen molar-refractivity contribution in [3.8, 4) is 11.1 Å². The number of rotatable bonds is 1. The average Bonchev–Trinajstić information content (AvgIpc) is 2.16. The Bertz CT molecular complexity index is 474. The predicted octanol–water partition coefficient (Wildman–Crippen LogP) is 5.02. The lowest BCUT2D eigenvalue weighted by Crippen LogP contribution is -1.80. The third-order valence-electron chi connectivity index (χ3n) is 2.02. The van der Waals surface area contributed by atoms with Gasteiger partial charge in [0.15, 0.2) is 0 Å². The lowest BCUT2D eigenvalue weighted by molar-refractivity contribution is 0.628. The molecule has 0 atom stereocenters. The molecule has 0 spiro atoms. The molecular formula is C12H7Br2F. The first-order chi connectivity index (χ1) is 7.15.